The zero-order valence-corrected chi connectivity index (χ0v) is 19.8. The highest BCUT2D eigenvalue weighted by molar-refractivity contribution is 7.16. The van der Waals surface area contributed by atoms with Crippen LogP contribution in [0.4, 0.5) is 4.39 Å². The van der Waals surface area contributed by atoms with Crippen LogP contribution in [0, 0.1) is 5.82 Å². The molecule has 1 N–H and O–H groups in total. The molecule has 4 rings (SSSR count). The molecule has 2 aromatic heterocycles. The Hall–Kier alpha value is -3.69. The molecule has 35 heavy (non-hydrogen) atoms. The molecule has 0 aliphatic rings. The van der Waals surface area contributed by atoms with E-state index in [1.807, 2.05) is 0 Å². The van der Waals surface area contributed by atoms with Gasteiger partial charge in [0.15, 0.2) is 11.6 Å². The van der Waals surface area contributed by atoms with Gasteiger partial charge < -0.3 is 14.5 Å². The summed E-state index contributed by atoms with van der Waals surface area (Å²) in [6, 6.07) is 12.9. The molecule has 180 valence electrons. The van der Waals surface area contributed by atoms with Gasteiger partial charge in [0.2, 0.25) is 0 Å². The second-order valence-corrected chi connectivity index (χ2v) is 8.67. The van der Waals surface area contributed by atoms with E-state index in [1.165, 1.54) is 23.5 Å². The van der Waals surface area contributed by atoms with Gasteiger partial charge in [0.25, 0.3) is 5.56 Å². The molecule has 4 aromatic rings. The van der Waals surface area contributed by atoms with Gasteiger partial charge in [-0.2, -0.15) is 0 Å². The lowest BCUT2D eigenvalue weighted by molar-refractivity contribution is 0.0526. The number of rotatable bonds is 10. The molecular weight excluding hydrogens is 471 g/mol. The SMILES string of the molecule is CCOC(=O)c1ccc(COCc2csc3nc(C(=O)CCc4ccc(F)cc4)[nH]c(=O)c23)cc1. The zero-order valence-electron chi connectivity index (χ0n) is 19.0. The summed E-state index contributed by atoms with van der Waals surface area (Å²) in [6.07, 6.45) is 0.571. The molecule has 0 unspecified atom stereocenters. The molecule has 0 amide bonds. The van der Waals surface area contributed by atoms with Crippen LogP contribution in [-0.2, 0) is 29.1 Å². The lowest BCUT2D eigenvalue weighted by Gasteiger charge is -2.06. The number of Topliss-reactive ketones (excluding diaryl/α,β-unsaturated/α-hetero) is 1. The Balaban J connectivity index is 1.37. The van der Waals surface area contributed by atoms with Crippen LogP contribution in [0.5, 0.6) is 0 Å². The van der Waals surface area contributed by atoms with Gasteiger partial charge in [-0.1, -0.05) is 24.3 Å². The van der Waals surface area contributed by atoms with Crippen molar-refractivity contribution in [3.05, 3.63) is 98.2 Å². The molecule has 0 aliphatic heterocycles. The Morgan fingerprint density at radius 3 is 2.46 bits per heavy atom. The summed E-state index contributed by atoms with van der Waals surface area (Å²) >= 11 is 1.28. The minimum atomic E-state index is -0.390. The first-order valence-electron chi connectivity index (χ1n) is 11.1. The van der Waals surface area contributed by atoms with Crippen LogP contribution in [0.3, 0.4) is 0 Å². The predicted octanol–water partition coefficient (Wildman–Crippen LogP) is 4.83. The number of esters is 1. The van der Waals surface area contributed by atoms with Crippen molar-refractivity contribution < 1.29 is 23.5 Å². The van der Waals surface area contributed by atoms with Crippen molar-refractivity contribution in [1.29, 1.82) is 0 Å². The highest BCUT2D eigenvalue weighted by Gasteiger charge is 2.16. The summed E-state index contributed by atoms with van der Waals surface area (Å²) in [7, 11) is 0. The van der Waals surface area contributed by atoms with E-state index in [9.17, 15) is 18.8 Å². The number of hydrogen-bond acceptors (Lipinski definition) is 7. The van der Waals surface area contributed by atoms with Crippen LogP contribution in [0.2, 0.25) is 0 Å². The average molecular weight is 495 g/mol. The molecule has 0 radical (unpaired) electrons. The first kappa shape index (κ1) is 24.4. The highest BCUT2D eigenvalue weighted by atomic mass is 32.1. The van der Waals surface area contributed by atoms with E-state index in [2.05, 4.69) is 9.97 Å². The smallest absolute Gasteiger partial charge is 0.338 e. The minimum Gasteiger partial charge on any atom is -0.462 e. The van der Waals surface area contributed by atoms with Crippen LogP contribution in [-0.4, -0.2) is 28.3 Å². The summed E-state index contributed by atoms with van der Waals surface area (Å²) < 4.78 is 23.8. The standard InChI is InChI=1S/C26H23FN2O5S/c1-2-34-26(32)18-8-3-17(4-9-18)13-33-14-19-15-35-25-22(19)24(31)28-23(29-25)21(30)12-7-16-5-10-20(27)11-6-16/h3-6,8-11,15H,2,7,12-14H2,1H3,(H,28,29,31). The van der Waals surface area contributed by atoms with Gasteiger partial charge in [0.1, 0.15) is 10.6 Å². The molecule has 0 bridgehead atoms. The number of halogens is 1. The van der Waals surface area contributed by atoms with Gasteiger partial charge in [-0.05, 0) is 54.1 Å². The summed E-state index contributed by atoms with van der Waals surface area (Å²) in [4.78, 5) is 44.4. The number of carbonyl (C=O) groups is 2. The molecule has 2 heterocycles. The number of H-pyrrole nitrogens is 1. The van der Waals surface area contributed by atoms with E-state index < -0.39 is 5.56 Å². The molecule has 0 saturated carbocycles. The number of ketones is 1. The molecule has 9 heteroatoms. The van der Waals surface area contributed by atoms with E-state index >= 15 is 0 Å². The molecule has 0 aliphatic carbocycles. The fraction of sp³-hybridized carbons (Fsp3) is 0.231. The largest absolute Gasteiger partial charge is 0.462 e. The first-order chi connectivity index (χ1) is 16.9. The zero-order chi connectivity index (χ0) is 24.8. The number of carbonyl (C=O) groups excluding carboxylic acids is 2. The van der Waals surface area contributed by atoms with Crippen LogP contribution < -0.4 is 5.56 Å². The molecule has 7 nitrogen and oxygen atoms in total. The maximum Gasteiger partial charge on any atom is 0.338 e. The van der Waals surface area contributed by atoms with Crippen molar-refractivity contribution in [2.24, 2.45) is 0 Å². The number of hydrogen-bond donors (Lipinski definition) is 1. The number of fused-ring (bicyclic) bond motifs is 1. The van der Waals surface area contributed by atoms with Crippen molar-refractivity contribution in [3.63, 3.8) is 0 Å². The minimum absolute atomic E-state index is 0.0145. The molecule has 2 aromatic carbocycles. The van der Waals surface area contributed by atoms with Gasteiger partial charge in [-0.3, -0.25) is 9.59 Å². The van der Waals surface area contributed by atoms with Crippen molar-refractivity contribution >= 4 is 33.3 Å². The Labute approximate surface area is 204 Å². The number of benzene rings is 2. The topological polar surface area (TPSA) is 98.3 Å². The third-order valence-electron chi connectivity index (χ3n) is 5.33. The highest BCUT2D eigenvalue weighted by Crippen LogP contribution is 2.22. The number of ether oxygens (including phenoxy) is 2. The van der Waals surface area contributed by atoms with Crippen LogP contribution >= 0.6 is 11.3 Å². The van der Waals surface area contributed by atoms with E-state index in [1.54, 1.807) is 48.7 Å². The van der Waals surface area contributed by atoms with Gasteiger partial charge in [0.05, 0.1) is 30.8 Å². The third kappa shape index (κ3) is 6.06. The van der Waals surface area contributed by atoms with E-state index in [0.29, 0.717) is 41.0 Å². The third-order valence-corrected chi connectivity index (χ3v) is 6.25. The van der Waals surface area contributed by atoms with Crippen LogP contribution in [0.1, 0.15) is 51.0 Å². The number of aromatic nitrogens is 2. The van der Waals surface area contributed by atoms with E-state index in [4.69, 9.17) is 9.47 Å². The fourth-order valence-corrected chi connectivity index (χ4v) is 4.43. The lowest BCUT2D eigenvalue weighted by Crippen LogP contribution is -2.16. The number of nitrogens with zero attached hydrogens (tertiary/aromatic N) is 1. The Bertz CT molecular complexity index is 1390. The molecule has 0 atom stereocenters. The number of aromatic amines is 1. The van der Waals surface area contributed by atoms with Crippen molar-refractivity contribution in [2.45, 2.75) is 33.0 Å². The normalized spacial score (nSPS) is 11.0. The monoisotopic (exact) mass is 494 g/mol. The summed E-state index contributed by atoms with van der Waals surface area (Å²) in [6.45, 7) is 2.57. The average Bonchev–Trinajstić information content (AvgIpc) is 3.27. The second kappa shape index (κ2) is 11.2. The van der Waals surface area contributed by atoms with Crippen molar-refractivity contribution in [3.8, 4) is 0 Å². The Kier molecular flexibility index (Phi) is 7.79. The molecule has 0 fully saturated rings. The lowest BCUT2D eigenvalue weighted by atomic mass is 10.1. The molecule has 0 spiro atoms. The number of thiophene rings is 1. The van der Waals surface area contributed by atoms with Crippen LogP contribution in [0.15, 0.2) is 58.7 Å². The quantitative estimate of drug-likeness (QED) is 0.250. The summed E-state index contributed by atoms with van der Waals surface area (Å²) in [5, 5.41) is 2.20. The predicted molar refractivity (Wildman–Crippen MR) is 130 cm³/mol. The van der Waals surface area contributed by atoms with E-state index in [-0.39, 0.29) is 36.4 Å². The Morgan fingerprint density at radius 2 is 1.74 bits per heavy atom. The van der Waals surface area contributed by atoms with Crippen molar-refractivity contribution in [1.82, 2.24) is 9.97 Å². The van der Waals surface area contributed by atoms with Gasteiger partial charge in [-0.15, -0.1) is 11.3 Å². The fourth-order valence-electron chi connectivity index (χ4n) is 3.50. The Morgan fingerprint density at radius 1 is 1.03 bits per heavy atom. The molecular formula is C26H23FN2O5S. The summed E-state index contributed by atoms with van der Waals surface area (Å²) in [5.41, 5.74) is 2.47. The second-order valence-electron chi connectivity index (χ2n) is 7.82. The summed E-state index contributed by atoms with van der Waals surface area (Å²) in [5.74, 6) is -0.975. The van der Waals surface area contributed by atoms with E-state index in [0.717, 1.165) is 11.1 Å². The van der Waals surface area contributed by atoms with Crippen LogP contribution in [0.25, 0.3) is 10.2 Å². The van der Waals surface area contributed by atoms with Gasteiger partial charge in [-0.25, -0.2) is 14.2 Å². The molecule has 0 saturated heterocycles. The van der Waals surface area contributed by atoms with Gasteiger partial charge >= 0.3 is 5.97 Å². The van der Waals surface area contributed by atoms with Gasteiger partial charge in [0, 0.05) is 12.0 Å². The maximum absolute atomic E-state index is 13.0. The maximum atomic E-state index is 13.0. The first-order valence-corrected chi connectivity index (χ1v) is 11.9. The number of aryl methyl sites for hydroxylation is 1. The van der Waals surface area contributed by atoms with Crippen molar-refractivity contribution in [2.75, 3.05) is 6.61 Å². The number of nitrogens with one attached hydrogen (secondary N) is 1.